The molecule has 1 fully saturated rings. The van der Waals surface area contributed by atoms with Crippen LogP contribution in [0.15, 0.2) is 44.4 Å². The zero-order valence-corrected chi connectivity index (χ0v) is 14.5. The SMILES string of the molecule is CC1CN(c2cc(=O)n(-c3cccc(Br)c3)c(=O)[nH]2)CC(C)O1. The molecule has 2 heterocycles. The molecule has 0 bridgehead atoms. The summed E-state index contributed by atoms with van der Waals surface area (Å²) in [5, 5.41) is 0. The molecule has 0 spiro atoms. The van der Waals surface area contributed by atoms with Gasteiger partial charge < -0.3 is 9.64 Å². The molecule has 2 aromatic rings. The molecule has 1 aliphatic rings. The number of nitrogens with zero attached hydrogens (tertiary/aromatic N) is 2. The fourth-order valence-corrected chi connectivity index (χ4v) is 3.27. The first-order chi connectivity index (χ1) is 10.9. The van der Waals surface area contributed by atoms with E-state index in [2.05, 4.69) is 20.9 Å². The average Bonchev–Trinajstić information content (AvgIpc) is 2.45. The van der Waals surface area contributed by atoms with Crippen LogP contribution in [-0.2, 0) is 4.74 Å². The second-order valence-electron chi connectivity index (χ2n) is 5.78. The van der Waals surface area contributed by atoms with Gasteiger partial charge >= 0.3 is 5.69 Å². The highest BCUT2D eigenvalue weighted by Crippen LogP contribution is 2.17. The van der Waals surface area contributed by atoms with E-state index in [0.29, 0.717) is 24.6 Å². The Labute approximate surface area is 141 Å². The lowest BCUT2D eigenvalue weighted by atomic mass is 10.2. The first-order valence-electron chi connectivity index (χ1n) is 7.47. The first-order valence-corrected chi connectivity index (χ1v) is 8.26. The molecule has 0 radical (unpaired) electrons. The number of hydrogen-bond acceptors (Lipinski definition) is 4. The predicted octanol–water partition coefficient (Wildman–Crippen LogP) is 1.90. The lowest BCUT2D eigenvalue weighted by molar-refractivity contribution is -0.00549. The second-order valence-corrected chi connectivity index (χ2v) is 6.69. The number of ether oxygens (including phenoxy) is 1. The van der Waals surface area contributed by atoms with E-state index in [1.165, 1.54) is 6.07 Å². The van der Waals surface area contributed by atoms with Gasteiger partial charge in [-0.25, -0.2) is 9.36 Å². The highest BCUT2D eigenvalue weighted by Gasteiger charge is 2.23. The molecule has 3 rings (SSSR count). The van der Waals surface area contributed by atoms with Gasteiger partial charge in [0.15, 0.2) is 0 Å². The molecule has 6 nitrogen and oxygen atoms in total. The molecule has 1 aromatic carbocycles. The van der Waals surface area contributed by atoms with Crippen molar-refractivity contribution < 1.29 is 4.74 Å². The maximum atomic E-state index is 12.4. The van der Waals surface area contributed by atoms with Gasteiger partial charge in [0.1, 0.15) is 5.82 Å². The van der Waals surface area contributed by atoms with Crippen LogP contribution in [0.1, 0.15) is 13.8 Å². The van der Waals surface area contributed by atoms with Gasteiger partial charge in [0, 0.05) is 23.6 Å². The average molecular weight is 380 g/mol. The lowest BCUT2D eigenvalue weighted by Crippen LogP contribution is -2.47. The van der Waals surface area contributed by atoms with Gasteiger partial charge in [-0.1, -0.05) is 22.0 Å². The standard InChI is InChI=1S/C16H18BrN3O3/c1-10-8-19(9-11(2)23-10)14-7-15(21)20(16(22)18-14)13-5-3-4-12(17)6-13/h3-7,10-11H,8-9H2,1-2H3,(H,18,22). The molecule has 1 aliphatic heterocycles. The third-order valence-electron chi connectivity index (χ3n) is 3.75. The third-order valence-corrected chi connectivity index (χ3v) is 4.24. The maximum Gasteiger partial charge on any atom is 0.334 e. The first kappa shape index (κ1) is 16.0. The Bertz CT molecular complexity index is 789. The van der Waals surface area contributed by atoms with E-state index in [1.54, 1.807) is 18.2 Å². The Morgan fingerprint density at radius 2 is 1.87 bits per heavy atom. The number of nitrogens with one attached hydrogen (secondary N) is 1. The number of aromatic amines is 1. The molecule has 122 valence electrons. The number of halogens is 1. The number of rotatable bonds is 2. The van der Waals surface area contributed by atoms with Crippen molar-refractivity contribution in [3.8, 4) is 5.69 Å². The number of anilines is 1. The van der Waals surface area contributed by atoms with Crippen molar-refractivity contribution in [2.24, 2.45) is 0 Å². The van der Waals surface area contributed by atoms with Gasteiger partial charge in [0.2, 0.25) is 0 Å². The summed E-state index contributed by atoms with van der Waals surface area (Å²) < 4.78 is 7.62. The predicted molar refractivity (Wildman–Crippen MR) is 92.6 cm³/mol. The fraction of sp³-hybridized carbons (Fsp3) is 0.375. The molecule has 0 aliphatic carbocycles. The summed E-state index contributed by atoms with van der Waals surface area (Å²) in [5.41, 5.74) is -0.271. The van der Waals surface area contributed by atoms with Gasteiger partial charge in [-0.15, -0.1) is 0 Å². The minimum absolute atomic E-state index is 0.0507. The second kappa shape index (κ2) is 6.33. The molecule has 23 heavy (non-hydrogen) atoms. The summed E-state index contributed by atoms with van der Waals surface area (Å²) in [6.07, 6.45) is 0.101. The van der Waals surface area contributed by atoms with Gasteiger partial charge in [-0.05, 0) is 32.0 Å². The van der Waals surface area contributed by atoms with Crippen LogP contribution in [-0.4, -0.2) is 34.8 Å². The van der Waals surface area contributed by atoms with Crippen LogP contribution in [0.4, 0.5) is 5.82 Å². The third kappa shape index (κ3) is 3.40. The Morgan fingerprint density at radius 3 is 2.48 bits per heavy atom. The lowest BCUT2D eigenvalue weighted by Gasteiger charge is -2.36. The van der Waals surface area contributed by atoms with E-state index in [4.69, 9.17) is 4.74 Å². The van der Waals surface area contributed by atoms with E-state index < -0.39 is 5.69 Å². The summed E-state index contributed by atoms with van der Waals surface area (Å²) in [7, 11) is 0. The number of benzene rings is 1. The molecule has 7 heteroatoms. The van der Waals surface area contributed by atoms with E-state index in [9.17, 15) is 9.59 Å². The summed E-state index contributed by atoms with van der Waals surface area (Å²) in [6.45, 7) is 5.23. The maximum absolute atomic E-state index is 12.4. The van der Waals surface area contributed by atoms with Crippen LogP contribution in [0.2, 0.25) is 0 Å². The Kier molecular flexibility index (Phi) is 4.41. The molecular formula is C16H18BrN3O3. The Balaban J connectivity index is 2.01. The van der Waals surface area contributed by atoms with Crippen LogP contribution < -0.4 is 16.1 Å². The zero-order chi connectivity index (χ0) is 16.6. The molecule has 1 aromatic heterocycles. The van der Waals surface area contributed by atoms with E-state index >= 15 is 0 Å². The number of hydrogen-bond donors (Lipinski definition) is 1. The van der Waals surface area contributed by atoms with Crippen LogP contribution in [0, 0.1) is 0 Å². The highest BCUT2D eigenvalue weighted by atomic mass is 79.9. The van der Waals surface area contributed by atoms with Gasteiger partial charge in [0.25, 0.3) is 5.56 Å². The van der Waals surface area contributed by atoms with E-state index in [-0.39, 0.29) is 17.8 Å². The van der Waals surface area contributed by atoms with Crippen molar-refractivity contribution in [2.45, 2.75) is 26.1 Å². The highest BCUT2D eigenvalue weighted by molar-refractivity contribution is 9.10. The van der Waals surface area contributed by atoms with Gasteiger partial charge in [0.05, 0.1) is 17.9 Å². The summed E-state index contributed by atoms with van der Waals surface area (Å²) in [5.74, 6) is 0.535. The van der Waals surface area contributed by atoms with Crippen molar-refractivity contribution in [1.82, 2.24) is 9.55 Å². The van der Waals surface area contributed by atoms with Gasteiger partial charge in [-0.2, -0.15) is 0 Å². The molecule has 1 saturated heterocycles. The minimum atomic E-state index is -0.447. The molecule has 1 N–H and O–H groups in total. The van der Waals surface area contributed by atoms with Gasteiger partial charge in [-0.3, -0.25) is 9.78 Å². The van der Waals surface area contributed by atoms with Crippen LogP contribution in [0.25, 0.3) is 5.69 Å². The van der Waals surface area contributed by atoms with Crippen LogP contribution >= 0.6 is 15.9 Å². The van der Waals surface area contributed by atoms with Crippen LogP contribution in [0.3, 0.4) is 0 Å². The minimum Gasteiger partial charge on any atom is -0.372 e. The van der Waals surface area contributed by atoms with Crippen molar-refractivity contribution in [2.75, 3.05) is 18.0 Å². The van der Waals surface area contributed by atoms with E-state index in [1.807, 2.05) is 24.8 Å². The Morgan fingerprint density at radius 1 is 1.17 bits per heavy atom. The normalized spacial score (nSPS) is 21.4. The summed E-state index contributed by atoms with van der Waals surface area (Å²) in [4.78, 5) is 29.6. The number of H-pyrrole nitrogens is 1. The number of aromatic nitrogens is 2. The monoisotopic (exact) mass is 379 g/mol. The van der Waals surface area contributed by atoms with Crippen LogP contribution in [0.5, 0.6) is 0 Å². The molecule has 0 amide bonds. The fourth-order valence-electron chi connectivity index (χ4n) is 2.89. The molecule has 2 unspecified atom stereocenters. The van der Waals surface area contributed by atoms with Crippen molar-refractivity contribution in [3.05, 3.63) is 55.6 Å². The Hall–Kier alpha value is -1.86. The van der Waals surface area contributed by atoms with E-state index in [0.717, 1.165) is 9.04 Å². The van der Waals surface area contributed by atoms with Crippen molar-refractivity contribution >= 4 is 21.7 Å². The largest absolute Gasteiger partial charge is 0.372 e. The van der Waals surface area contributed by atoms with Crippen molar-refractivity contribution in [3.63, 3.8) is 0 Å². The molecule has 2 atom stereocenters. The van der Waals surface area contributed by atoms with Crippen molar-refractivity contribution in [1.29, 1.82) is 0 Å². The molecular weight excluding hydrogens is 362 g/mol. The molecule has 0 saturated carbocycles. The topological polar surface area (TPSA) is 67.3 Å². The quantitative estimate of drug-likeness (QED) is 0.865. The number of morpholine rings is 1. The summed E-state index contributed by atoms with van der Waals surface area (Å²) in [6, 6.07) is 8.54. The zero-order valence-electron chi connectivity index (χ0n) is 13.0. The summed E-state index contributed by atoms with van der Waals surface area (Å²) >= 11 is 3.35. The smallest absolute Gasteiger partial charge is 0.334 e.